The van der Waals surface area contributed by atoms with Crippen LogP contribution < -0.4 is 11.5 Å². The van der Waals surface area contributed by atoms with Crippen molar-refractivity contribution in [3.63, 3.8) is 0 Å². The van der Waals surface area contributed by atoms with Crippen LogP contribution in [0.4, 0.5) is 5.69 Å². The van der Waals surface area contributed by atoms with Crippen LogP contribution in [0.5, 0.6) is 0 Å². The van der Waals surface area contributed by atoms with Gasteiger partial charge in [0.2, 0.25) is 0 Å². The number of hydrogen-bond donors (Lipinski definition) is 2. The molecule has 0 amide bonds. The van der Waals surface area contributed by atoms with Gasteiger partial charge in [-0.05, 0) is 49.2 Å². The zero-order valence-corrected chi connectivity index (χ0v) is 14.0. The molecule has 3 rings (SSSR count). The van der Waals surface area contributed by atoms with E-state index < -0.39 is 0 Å². The van der Waals surface area contributed by atoms with Crippen molar-refractivity contribution in [3.8, 4) is 0 Å². The first-order valence-electron chi connectivity index (χ1n) is 8.27. The van der Waals surface area contributed by atoms with Crippen LogP contribution in [0.3, 0.4) is 0 Å². The van der Waals surface area contributed by atoms with Crippen molar-refractivity contribution in [2.24, 2.45) is 16.5 Å². The minimum absolute atomic E-state index is 0.689. The summed E-state index contributed by atoms with van der Waals surface area (Å²) in [6.45, 7) is 0.689. The van der Waals surface area contributed by atoms with Crippen LogP contribution in [0.15, 0.2) is 65.9 Å². The summed E-state index contributed by atoms with van der Waals surface area (Å²) < 4.78 is 0. The lowest BCUT2D eigenvalue weighted by molar-refractivity contribution is 0.833. The molecule has 3 aromatic rings. The predicted molar refractivity (Wildman–Crippen MR) is 104 cm³/mol. The maximum atomic E-state index is 5.77. The van der Waals surface area contributed by atoms with Crippen LogP contribution in [0.2, 0.25) is 0 Å². The van der Waals surface area contributed by atoms with Crippen molar-refractivity contribution in [1.82, 2.24) is 9.97 Å². The van der Waals surface area contributed by atoms with Crippen LogP contribution in [0.25, 0.3) is 16.6 Å². The molecular formula is C20H21N5. The van der Waals surface area contributed by atoms with Gasteiger partial charge in [0, 0.05) is 18.0 Å². The summed E-state index contributed by atoms with van der Waals surface area (Å²) in [6.07, 6.45) is 6.86. The average Bonchev–Trinajstić information content (AvgIpc) is 2.67. The number of benzene rings is 2. The molecule has 0 spiro atoms. The monoisotopic (exact) mass is 331 g/mol. The van der Waals surface area contributed by atoms with Gasteiger partial charge in [0.05, 0.1) is 28.6 Å². The van der Waals surface area contributed by atoms with E-state index in [9.17, 15) is 0 Å². The Labute approximate surface area is 147 Å². The van der Waals surface area contributed by atoms with Crippen LogP contribution in [-0.4, -0.2) is 22.7 Å². The fraction of sp³-hybridized carbons (Fsp3) is 0.150. The fourth-order valence-corrected chi connectivity index (χ4v) is 2.53. The van der Waals surface area contributed by atoms with E-state index in [1.54, 1.807) is 12.4 Å². The highest BCUT2D eigenvalue weighted by Gasteiger charge is 2.03. The molecule has 126 valence electrons. The normalized spacial score (nSPS) is 12.1. The number of rotatable bonds is 6. The van der Waals surface area contributed by atoms with Crippen molar-refractivity contribution in [1.29, 1.82) is 0 Å². The van der Waals surface area contributed by atoms with Crippen LogP contribution in [0.1, 0.15) is 17.7 Å². The Morgan fingerprint density at radius 2 is 1.92 bits per heavy atom. The Bertz CT molecular complexity index is 915. The Kier molecular flexibility index (Phi) is 5.49. The van der Waals surface area contributed by atoms with E-state index in [1.165, 1.54) is 11.8 Å². The minimum Gasteiger partial charge on any atom is -0.404 e. The number of aromatic nitrogens is 2. The maximum absolute atomic E-state index is 5.77. The number of nitrogens with zero attached hydrogens (tertiary/aromatic N) is 3. The molecule has 0 fully saturated rings. The molecule has 1 aromatic heterocycles. The highest BCUT2D eigenvalue weighted by atomic mass is 14.8. The summed E-state index contributed by atoms with van der Waals surface area (Å²) >= 11 is 0. The van der Waals surface area contributed by atoms with Crippen LogP contribution in [-0.2, 0) is 6.42 Å². The van der Waals surface area contributed by atoms with Crippen molar-refractivity contribution in [2.45, 2.75) is 12.8 Å². The number of aliphatic imine (C=N–C) groups is 1. The lowest BCUT2D eigenvalue weighted by Gasteiger charge is -2.03. The number of aryl methyl sites for hydroxylation is 1. The summed E-state index contributed by atoms with van der Waals surface area (Å²) in [4.78, 5) is 13.6. The Balaban J connectivity index is 1.82. The number of hydrogen-bond acceptors (Lipinski definition) is 5. The molecule has 0 aliphatic heterocycles. The van der Waals surface area contributed by atoms with Crippen molar-refractivity contribution >= 4 is 28.5 Å². The number of allylic oxidation sites excluding steroid dienone is 1. The van der Waals surface area contributed by atoms with Gasteiger partial charge in [0.15, 0.2) is 0 Å². The minimum atomic E-state index is 0.689. The summed E-state index contributed by atoms with van der Waals surface area (Å²) in [5.74, 6) is 0. The zero-order chi connectivity index (χ0) is 17.5. The topological polar surface area (TPSA) is 90.2 Å². The third kappa shape index (κ3) is 4.28. The second-order valence-electron chi connectivity index (χ2n) is 5.69. The first kappa shape index (κ1) is 16.8. The van der Waals surface area contributed by atoms with E-state index in [0.717, 1.165) is 35.1 Å². The molecule has 2 aromatic carbocycles. The van der Waals surface area contributed by atoms with Gasteiger partial charge in [-0.3, -0.25) is 9.98 Å². The second-order valence-corrected chi connectivity index (χ2v) is 5.69. The van der Waals surface area contributed by atoms with E-state index in [4.69, 9.17) is 11.5 Å². The van der Waals surface area contributed by atoms with E-state index in [-0.39, 0.29) is 0 Å². The van der Waals surface area contributed by atoms with Gasteiger partial charge in [0.1, 0.15) is 0 Å². The second kappa shape index (κ2) is 8.17. The SMILES string of the molecule is NC=C(C=Nc1cccc(CCCN)c1)c1cnc2ccccc2n1. The highest BCUT2D eigenvalue weighted by molar-refractivity contribution is 6.09. The van der Waals surface area contributed by atoms with E-state index in [2.05, 4.69) is 27.1 Å². The molecule has 0 unspecified atom stereocenters. The van der Waals surface area contributed by atoms with Gasteiger partial charge >= 0.3 is 0 Å². The maximum Gasteiger partial charge on any atom is 0.0922 e. The van der Waals surface area contributed by atoms with Crippen molar-refractivity contribution in [2.75, 3.05) is 6.54 Å². The van der Waals surface area contributed by atoms with Crippen LogP contribution >= 0.6 is 0 Å². The standard InChI is InChI=1S/C20H21N5/c21-10-4-6-15-5-3-7-17(11-15)23-13-16(12-22)20-14-24-18-8-1-2-9-19(18)25-20/h1-3,5,7-9,11-14H,4,6,10,21-22H2. The lowest BCUT2D eigenvalue weighted by atomic mass is 10.1. The fourth-order valence-electron chi connectivity index (χ4n) is 2.53. The molecule has 0 saturated carbocycles. The highest BCUT2D eigenvalue weighted by Crippen LogP contribution is 2.18. The molecule has 0 atom stereocenters. The third-order valence-electron chi connectivity index (χ3n) is 3.86. The molecule has 0 saturated heterocycles. The quantitative estimate of drug-likeness (QED) is 0.679. The molecule has 0 radical (unpaired) electrons. The molecule has 4 N–H and O–H groups in total. The van der Waals surface area contributed by atoms with Gasteiger partial charge < -0.3 is 11.5 Å². The molecule has 25 heavy (non-hydrogen) atoms. The molecule has 1 heterocycles. The number of fused-ring (bicyclic) bond motifs is 1. The molecule has 5 nitrogen and oxygen atoms in total. The molecule has 0 bridgehead atoms. The van der Waals surface area contributed by atoms with E-state index >= 15 is 0 Å². The van der Waals surface area contributed by atoms with Gasteiger partial charge in [-0.2, -0.15) is 0 Å². The summed E-state index contributed by atoms with van der Waals surface area (Å²) in [5, 5.41) is 0. The van der Waals surface area contributed by atoms with Gasteiger partial charge in [-0.25, -0.2) is 4.98 Å². The van der Waals surface area contributed by atoms with Crippen LogP contribution in [0, 0.1) is 0 Å². The van der Waals surface area contributed by atoms with Gasteiger partial charge in [0.25, 0.3) is 0 Å². The Morgan fingerprint density at radius 3 is 2.72 bits per heavy atom. The smallest absolute Gasteiger partial charge is 0.0922 e. The van der Waals surface area contributed by atoms with Gasteiger partial charge in [-0.1, -0.05) is 24.3 Å². The Hall–Kier alpha value is -3.05. The van der Waals surface area contributed by atoms with Gasteiger partial charge in [-0.15, -0.1) is 0 Å². The zero-order valence-electron chi connectivity index (χ0n) is 14.0. The number of nitrogens with two attached hydrogens (primary N) is 2. The molecule has 0 aliphatic carbocycles. The largest absolute Gasteiger partial charge is 0.404 e. The lowest BCUT2D eigenvalue weighted by Crippen LogP contribution is -2.00. The predicted octanol–water partition coefficient (Wildman–Crippen LogP) is 3.22. The average molecular weight is 331 g/mol. The summed E-state index contributed by atoms with van der Waals surface area (Å²) in [6, 6.07) is 15.8. The molecule has 5 heteroatoms. The number of para-hydroxylation sites is 2. The Morgan fingerprint density at radius 1 is 1.08 bits per heavy atom. The van der Waals surface area contributed by atoms with Crippen molar-refractivity contribution in [3.05, 3.63) is 72.2 Å². The summed E-state index contributed by atoms with van der Waals surface area (Å²) in [7, 11) is 0. The first-order valence-corrected chi connectivity index (χ1v) is 8.27. The van der Waals surface area contributed by atoms with E-state index in [0.29, 0.717) is 12.2 Å². The molecular weight excluding hydrogens is 310 g/mol. The van der Waals surface area contributed by atoms with Crippen molar-refractivity contribution < 1.29 is 0 Å². The van der Waals surface area contributed by atoms with E-state index in [1.807, 2.05) is 36.4 Å². The molecule has 0 aliphatic rings. The summed E-state index contributed by atoms with van der Waals surface area (Å²) in [5.41, 5.74) is 16.6. The third-order valence-corrected chi connectivity index (χ3v) is 3.86. The first-order chi connectivity index (χ1) is 12.3.